The summed E-state index contributed by atoms with van der Waals surface area (Å²) < 4.78 is 0. The van der Waals surface area contributed by atoms with Crippen LogP contribution in [0.3, 0.4) is 0 Å². The first kappa shape index (κ1) is 42.8. The SMILES string of the molecule is CC1(C)c2ccccc2-c2c(-c3c(N(c4ccc5c(c4)C(c4ccccc4)(c4ccccc4)c4ccccc4-5)c4cccc(-c5ccccc5)c4-c4ccccc4)c4ccccc4c4ccccc34)cccc21. The summed E-state index contributed by atoms with van der Waals surface area (Å²) in [5, 5.41) is 4.85. The van der Waals surface area contributed by atoms with Crippen LogP contribution in [0.4, 0.5) is 17.1 Å². The second-order valence-corrected chi connectivity index (χ2v) is 20.2. The predicted molar refractivity (Wildman–Crippen MR) is 307 cm³/mol. The highest BCUT2D eigenvalue weighted by molar-refractivity contribution is 6.24. The summed E-state index contributed by atoms with van der Waals surface area (Å²) in [7, 11) is 0. The van der Waals surface area contributed by atoms with Crippen molar-refractivity contribution >= 4 is 38.6 Å². The van der Waals surface area contributed by atoms with Gasteiger partial charge >= 0.3 is 0 Å². The van der Waals surface area contributed by atoms with Crippen molar-refractivity contribution in [2.45, 2.75) is 24.7 Å². The summed E-state index contributed by atoms with van der Waals surface area (Å²) in [4.78, 5) is 2.65. The number of hydrogen-bond donors (Lipinski definition) is 0. The van der Waals surface area contributed by atoms with Gasteiger partial charge in [0.2, 0.25) is 0 Å². The summed E-state index contributed by atoms with van der Waals surface area (Å²) >= 11 is 0. The van der Waals surface area contributed by atoms with E-state index in [1.165, 1.54) is 105 Å². The topological polar surface area (TPSA) is 3.24 Å². The molecule has 0 amide bonds. The van der Waals surface area contributed by atoms with Crippen LogP contribution in [0.25, 0.3) is 77.2 Å². The molecule has 0 heterocycles. The fraction of sp³-hybridized carbons (Fsp3) is 0.0556. The van der Waals surface area contributed by atoms with Crippen LogP contribution in [0, 0.1) is 0 Å². The highest BCUT2D eigenvalue weighted by Gasteiger charge is 2.47. The van der Waals surface area contributed by atoms with Crippen LogP contribution in [0.5, 0.6) is 0 Å². The van der Waals surface area contributed by atoms with Crippen molar-refractivity contribution in [1.82, 2.24) is 0 Å². The lowest BCUT2D eigenvalue weighted by molar-refractivity contribution is 0.660. The summed E-state index contributed by atoms with van der Waals surface area (Å²) in [6, 6.07) is 102. The van der Waals surface area contributed by atoms with Crippen molar-refractivity contribution in [2.24, 2.45) is 0 Å². The molecular formula is C72H51N. The van der Waals surface area contributed by atoms with Crippen LogP contribution in [0.15, 0.2) is 273 Å². The summed E-state index contributed by atoms with van der Waals surface area (Å²) in [5.74, 6) is 0. The van der Waals surface area contributed by atoms with E-state index in [4.69, 9.17) is 0 Å². The van der Waals surface area contributed by atoms with Gasteiger partial charge in [-0.25, -0.2) is 0 Å². The number of fused-ring (bicyclic) bond motifs is 9. The molecule has 14 rings (SSSR count). The van der Waals surface area contributed by atoms with Crippen LogP contribution in [-0.2, 0) is 10.8 Å². The molecule has 0 atom stereocenters. The molecular weight excluding hydrogens is 879 g/mol. The maximum atomic E-state index is 2.65. The molecule has 0 spiro atoms. The molecule has 0 aliphatic heterocycles. The molecule has 2 aliphatic carbocycles. The molecule has 0 bridgehead atoms. The Morgan fingerprint density at radius 3 is 1.45 bits per heavy atom. The Hall–Kier alpha value is -9.04. The normalized spacial score (nSPS) is 13.6. The molecule has 12 aromatic carbocycles. The molecule has 0 saturated carbocycles. The van der Waals surface area contributed by atoms with Crippen molar-refractivity contribution in [3.8, 4) is 55.6 Å². The van der Waals surface area contributed by atoms with Gasteiger partial charge in [0.05, 0.1) is 16.8 Å². The maximum Gasteiger partial charge on any atom is 0.0714 e. The van der Waals surface area contributed by atoms with E-state index in [1.807, 2.05) is 0 Å². The van der Waals surface area contributed by atoms with Crippen LogP contribution in [-0.4, -0.2) is 0 Å². The Morgan fingerprint density at radius 1 is 0.288 bits per heavy atom. The van der Waals surface area contributed by atoms with Crippen molar-refractivity contribution in [3.05, 3.63) is 306 Å². The minimum absolute atomic E-state index is 0.188. The highest BCUT2D eigenvalue weighted by Crippen LogP contribution is 2.61. The fourth-order valence-electron chi connectivity index (χ4n) is 13.0. The van der Waals surface area contributed by atoms with Gasteiger partial charge in [-0.1, -0.05) is 269 Å². The van der Waals surface area contributed by atoms with E-state index in [2.05, 4.69) is 292 Å². The fourth-order valence-corrected chi connectivity index (χ4v) is 13.0. The molecule has 0 unspecified atom stereocenters. The highest BCUT2D eigenvalue weighted by atomic mass is 15.2. The van der Waals surface area contributed by atoms with E-state index in [9.17, 15) is 0 Å². The third kappa shape index (κ3) is 6.35. The number of anilines is 3. The van der Waals surface area contributed by atoms with Crippen molar-refractivity contribution in [1.29, 1.82) is 0 Å². The maximum absolute atomic E-state index is 2.65. The molecule has 12 aromatic rings. The minimum Gasteiger partial charge on any atom is -0.309 e. The van der Waals surface area contributed by atoms with Gasteiger partial charge in [-0.05, 0) is 112 Å². The van der Waals surface area contributed by atoms with E-state index in [0.717, 1.165) is 22.6 Å². The molecule has 0 aromatic heterocycles. The Labute approximate surface area is 428 Å². The first-order valence-corrected chi connectivity index (χ1v) is 25.6. The molecule has 0 N–H and O–H groups in total. The minimum atomic E-state index is -0.603. The molecule has 1 heteroatoms. The lowest BCUT2D eigenvalue weighted by Crippen LogP contribution is -2.28. The molecule has 73 heavy (non-hydrogen) atoms. The van der Waals surface area contributed by atoms with Crippen molar-refractivity contribution < 1.29 is 0 Å². The number of hydrogen-bond acceptors (Lipinski definition) is 1. The average molecular weight is 930 g/mol. The Bertz CT molecular complexity index is 4060. The third-order valence-corrected chi connectivity index (χ3v) is 16.1. The van der Waals surface area contributed by atoms with E-state index < -0.39 is 5.41 Å². The predicted octanol–water partition coefficient (Wildman–Crippen LogP) is 19.1. The first-order valence-electron chi connectivity index (χ1n) is 25.6. The Morgan fingerprint density at radius 2 is 0.767 bits per heavy atom. The van der Waals surface area contributed by atoms with Crippen molar-refractivity contribution in [2.75, 3.05) is 4.90 Å². The van der Waals surface area contributed by atoms with Crippen LogP contribution in [0.2, 0.25) is 0 Å². The molecule has 0 fully saturated rings. The zero-order valence-corrected chi connectivity index (χ0v) is 40.9. The number of nitrogens with zero attached hydrogens (tertiary/aromatic N) is 1. The smallest absolute Gasteiger partial charge is 0.0714 e. The first-order chi connectivity index (χ1) is 36.0. The Kier molecular flexibility index (Phi) is 9.85. The second kappa shape index (κ2) is 16.8. The van der Waals surface area contributed by atoms with Gasteiger partial charge in [-0.3, -0.25) is 0 Å². The Balaban J connectivity index is 1.18. The van der Waals surface area contributed by atoms with Gasteiger partial charge in [0.1, 0.15) is 0 Å². The zero-order valence-electron chi connectivity index (χ0n) is 40.9. The van der Waals surface area contributed by atoms with Crippen molar-refractivity contribution in [3.63, 3.8) is 0 Å². The zero-order chi connectivity index (χ0) is 48.7. The largest absolute Gasteiger partial charge is 0.309 e. The lowest BCUT2D eigenvalue weighted by atomic mass is 9.67. The quantitative estimate of drug-likeness (QED) is 0.137. The molecule has 344 valence electrons. The molecule has 0 saturated heterocycles. The molecule has 2 aliphatic rings. The second-order valence-electron chi connectivity index (χ2n) is 20.2. The van der Waals surface area contributed by atoms with Gasteiger partial charge in [0.25, 0.3) is 0 Å². The van der Waals surface area contributed by atoms with E-state index in [-0.39, 0.29) is 5.41 Å². The molecule has 1 nitrogen and oxygen atoms in total. The van der Waals surface area contributed by atoms with Gasteiger partial charge in [-0.2, -0.15) is 0 Å². The van der Waals surface area contributed by atoms with Crippen LogP contribution in [0.1, 0.15) is 47.2 Å². The monoisotopic (exact) mass is 929 g/mol. The van der Waals surface area contributed by atoms with Gasteiger partial charge in [0, 0.05) is 27.6 Å². The summed E-state index contributed by atoms with van der Waals surface area (Å²) in [5.41, 5.74) is 22.5. The number of benzene rings is 12. The van der Waals surface area contributed by atoms with E-state index >= 15 is 0 Å². The number of rotatable bonds is 8. The molecule has 0 radical (unpaired) electrons. The summed E-state index contributed by atoms with van der Waals surface area (Å²) in [6.45, 7) is 4.78. The summed E-state index contributed by atoms with van der Waals surface area (Å²) in [6.07, 6.45) is 0. The van der Waals surface area contributed by atoms with E-state index in [0.29, 0.717) is 0 Å². The van der Waals surface area contributed by atoms with Gasteiger partial charge < -0.3 is 4.90 Å². The van der Waals surface area contributed by atoms with Gasteiger partial charge in [0.15, 0.2) is 0 Å². The van der Waals surface area contributed by atoms with Gasteiger partial charge in [-0.15, -0.1) is 0 Å². The average Bonchev–Trinajstić information content (AvgIpc) is 3.90. The standard InChI is InChI=1S/C72H51N/c1-71(2)62-41-21-20-38-60(62)68-61(40-23-43-64(68)71)69-58-36-17-15-33-54(58)55-34-16-18-37-59(55)70(69)73(66-44-24-39-53(48-25-7-3-8-26-48)67(66)49-27-9-4-10-28-49)52-45-46-57-56-35-19-22-42-63(56)72(65(57)47-52,50-29-11-5-12-30-50)51-31-13-6-14-32-51/h3-47H,1-2H3. The third-order valence-electron chi connectivity index (χ3n) is 16.1. The van der Waals surface area contributed by atoms with E-state index in [1.54, 1.807) is 0 Å². The lowest BCUT2D eigenvalue weighted by Gasteiger charge is -2.36. The van der Waals surface area contributed by atoms with Crippen LogP contribution < -0.4 is 4.90 Å². The van der Waals surface area contributed by atoms with Crippen LogP contribution >= 0.6 is 0 Å².